The molecule has 200 valence electrons. The zero-order valence-corrected chi connectivity index (χ0v) is 21.8. The summed E-state index contributed by atoms with van der Waals surface area (Å²) in [7, 11) is 0. The summed E-state index contributed by atoms with van der Waals surface area (Å²) in [6, 6.07) is 15.8. The predicted octanol–water partition coefficient (Wildman–Crippen LogP) is 5.23. The number of hydrogen-bond donors (Lipinski definition) is 0. The number of fused-ring (bicyclic) bond motifs is 1. The van der Waals surface area contributed by atoms with Crippen LogP contribution in [0.4, 0.5) is 4.39 Å². The van der Waals surface area contributed by atoms with Crippen LogP contribution in [0.5, 0.6) is 11.5 Å². The fourth-order valence-electron chi connectivity index (χ4n) is 5.32. The number of rotatable bonds is 9. The Labute approximate surface area is 222 Å². The van der Waals surface area contributed by atoms with Crippen molar-refractivity contribution in [3.63, 3.8) is 0 Å². The van der Waals surface area contributed by atoms with Crippen LogP contribution in [0.25, 0.3) is 0 Å². The van der Waals surface area contributed by atoms with Crippen molar-refractivity contribution in [1.29, 1.82) is 0 Å². The Morgan fingerprint density at radius 1 is 1.00 bits per heavy atom. The molecule has 1 aliphatic heterocycles. The first kappa shape index (κ1) is 25.8. The molecule has 0 N–H and O–H groups in total. The molecule has 5 rings (SSSR count). The molecule has 0 bridgehead atoms. The fraction of sp³-hybridized carbons (Fsp3) is 0.400. The number of aromatic nitrogens is 1. The highest BCUT2D eigenvalue weighted by Crippen LogP contribution is 2.33. The third kappa shape index (κ3) is 5.85. The van der Waals surface area contributed by atoms with Crippen molar-refractivity contribution >= 4 is 11.8 Å². The van der Waals surface area contributed by atoms with Crippen molar-refractivity contribution in [2.24, 2.45) is 0 Å². The Hall–Kier alpha value is -3.81. The number of carbonyl (C=O) groups excluding carboxylic acids is 2. The minimum Gasteiger partial charge on any atom is -0.454 e. The average Bonchev–Trinajstić information content (AvgIpc) is 3.60. The van der Waals surface area contributed by atoms with Gasteiger partial charge in [0.2, 0.25) is 12.7 Å². The summed E-state index contributed by atoms with van der Waals surface area (Å²) in [5.74, 6) is 0.646. The molecule has 2 amide bonds. The number of nitrogens with zero attached hydrogens (tertiary/aromatic N) is 3. The number of amides is 2. The van der Waals surface area contributed by atoms with E-state index >= 15 is 0 Å². The van der Waals surface area contributed by atoms with Crippen LogP contribution in [0, 0.1) is 5.82 Å². The van der Waals surface area contributed by atoms with Gasteiger partial charge < -0.3 is 23.8 Å². The molecule has 0 spiro atoms. The molecule has 2 aliphatic rings. The number of benzene rings is 2. The van der Waals surface area contributed by atoms with E-state index in [0.717, 1.165) is 36.9 Å². The van der Waals surface area contributed by atoms with Crippen molar-refractivity contribution < 1.29 is 23.5 Å². The SMILES string of the molecule is CCN(CC(=O)N(Cc1cccn1Cc1ccc(F)cc1)C1CCCCC1)C(=O)c1ccc2c(c1)OCO2. The molecule has 1 saturated carbocycles. The van der Waals surface area contributed by atoms with E-state index < -0.39 is 0 Å². The lowest BCUT2D eigenvalue weighted by atomic mass is 9.94. The summed E-state index contributed by atoms with van der Waals surface area (Å²) in [5.41, 5.74) is 2.48. The van der Waals surface area contributed by atoms with E-state index in [2.05, 4.69) is 4.57 Å². The highest BCUT2D eigenvalue weighted by atomic mass is 19.1. The number of carbonyl (C=O) groups is 2. The van der Waals surface area contributed by atoms with E-state index in [1.165, 1.54) is 18.6 Å². The number of hydrogen-bond acceptors (Lipinski definition) is 4. The minimum absolute atomic E-state index is 0.0128. The van der Waals surface area contributed by atoms with Gasteiger partial charge in [-0.05, 0) is 67.8 Å². The van der Waals surface area contributed by atoms with Gasteiger partial charge in [-0.15, -0.1) is 0 Å². The van der Waals surface area contributed by atoms with Crippen LogP contribution >= 0.6 is 0 Å². The minimum atomic E-state index is -0.258. The van der Waals surface area contributed by atoms with Gasteiger partial charge in [-0.3, -0.25) is 9.59 Å². The lowest BCUT2D eigenvalue weighted by Gasteiger charge is -2.36. The third-order valence-electron chi connectivity index (χ3n) is 7.47. The second-order valence-corrected chi connectivity index (χ2v) is 9.95. The molecule has 2 heterocycles. The molecule has 38 heavy (non-hydrogen) atoms. The average molecular weight is 520 g/mol. The molecular weight excluding hydrogens is 485 g/mol. The second-order valence-electron chi connectivity index (χ2n) is 9.95. The monoisotopic (exact) mass is 519 g/mol. The van der Waals surface area contributed by atoms with Gasteiger partial charge in [0.1, 0.15) is 12.4 Å². The van der Waals surface area contributed by atoms with Gasteiger partial charge in [0.05, 0.1) is 6.54 Å². The highest BCUT2D eigenvalue weighted by Gasteiger charge is 2.29. The zero-order chi connectivity index (χ0) is 26.5. The van der Waals surface area contributed by atoms with Gasteiger partial charge in [-0.1, -0.05) is 31.4 Å². The number of ether oxygens (including phenoxy) is 2. The van der Waals surface area contributed by atoms with Crippen molar-refractivity contribution in [3.05, 3.63) is 83.4 Å². The molecule has 0 atom stereocenters. The normalized spacial score (nSPS) is 14.9. The van der Waals surface area contributed by atoms with Crippen molar-refractivity contribution in [1.82, 2.24) is 14.4 Å². The third-order valence-corrected chi connectivity index (χ3v) is 7.47. The summed E-state index contributed by atoms with van der Waals surface area (Å²) < 4.78 is 26.3. The lowest BCUT2D eigenvalue weighted by molar-refractivity contribution is -0.135. The Morgan fingerprint density at radius 2 is 1.76 bits per heavy atom. The highest BCUT2D eigenvalue weighted by molar-refractivity contribution is 5.97. The van der Waals surface area contributed by atoms with Crippen molar-refractivity contribution in [3.8, 4) is 11.5 Å². The molecule has 0 radical (unpaired) electrons. The number of likely N-dealkylation sites (N-methyl/N-ethyl adjacent to an activating group) is 1. The first-order valence-electron chi connectivity index (χ1n) is 13.4. The molecule has 0 unspecified atom stereocenters. The Kier molecular flexibility index (Phi) is 7.96. The molecular formula is C30H34FN3O4. The molecule has 1 aromatic heterocycles. The summed E-state index contributed by atoms with van der Waals surface area (Å²) in [4.78, 5) is 30.7. The van der Waals surface area contributed by atoms with Gasteiger partial charge in [-0.25, -0.2) is 4.39 Å². The molecule has 2 aromatic carbocycles. The topological polar surface area (TPSA) is 64.0 Å². The summed E-state index contributed by atoms with van der Waals surface area (Å²) >= 11 is 0. The Bertz CT molecular complexity index is 1270. The molecule has 1 fully saturated rings. The first-order valence-corrected chi connectivity index (χ1v) is 13.4. The summed E-state index contributed by atoms with van der Waals surface area (Å²) in [6.07, 6.45) is 7.30. The van der Waals surface area contributed by atoms with E-state index in [1.807, 2.05) is 30.2 Å². The smallest absolute Gasteiger partial charge is 0.254 e. The molecule has 1 aliphatic carbocycles. The van der Waals surface area contributed by atoms with E-state index in [9.17, 15) is 14.0 Å². The fourth-order valence-corrected chi connectivity index (χ4v) is 5.32. The Morgan fingerprint density at radius 3 is 2.53 bits per heavy atom. The maximum atomic E-state index is 13.8. The standard InChI is InChI=1S/C30H34FN3O4/c1-2-32(30(36)23-12-15-27-28(17-23)38-21-37-27)20-29(35)34(25-7-4-3-5-8-25)19-26-9-6-16-33(26)18-22-10-13-24(31)14-11-22/h6,9-17,25H,2-5,7-8,18-21H2,1H3. The van der Waals surface area contributed by atoms with Crippen LogP contribution in [0.2, 0.25) is 0 Å². The van der Waals surface area contributed by atoms with Crippen LogP contribution in [0.1, 0.15) is 60.6 Å². The number of halogens is 1. The lowest BCUT2D eigenvalue weighted by Crippen LogP contribution is -2.47. The van der Waals surface area contributed by atoms with Crippen LogP contribution in [-0.2, 0) is 17.9 Å². The maximum Gasteiger partial charge on any atom is 0.254 e. The first-order chi connectivity index (χ1) is 18.5. The van der Waals surface area contributed by atoms with Crippen LogP contribution in [-0.4, -0.2) is 52.1 Å². The van der Waals surface area contributed by atoms with E-state index in [0.29, 0.717) is 36.7 Å². The molecule has 3 aromatic rings. The molecule has 7 nitrogen and oxygen atoms in total. The van der Waals surface area contributed by atoms with Crippen molar-refractivity contribution in [2.45, 2.75) is 58.2 Å². The van der Waals surface area contributed by atoms with Gasteiger partial charge in [0, 0.05) is 36.6 Å². The quantitative estimate of drug-likeness (QED) is 0.389. The van der Waals surface area contributed by atoms with Gasteiger partial charge in [0.15, 0.2) is 11.5 Å². The van der Waals surface area contributed by atoms with E-state index in [-0.39, 0.29) is 37.0 Å². The van der Waals surface area contributed by atoms with Gasteiger partial charge in [-0.2, -0.15) is 0 Å². The molecule has 8 heteroatoms. The van der Waals surface area contributed by atoms with E-state index in [4.69, 9.17) is 9.47 Å². The Balaban J connectivity index is 1.32. The van der Waals surface area contributed by atoms with Crippen molar-refractivity contribution in [2.75, 3.05) is 19.9 Å². The second kappa shape index (κ2) is 11.7. The summed E-state index contributed by atoms with van der Waals surface area (Å²) in [5, 5.41) is 0. The maximum absolute atomic E-state index is 13.8. The van der Waals surface area contributed by atoms with E-state index in [1.54, 1.807) is 35.2 Å². The van der Waals surface area contributed by atoms with Crippen LogP contribution in [0.3, 0.4) is 0 Å². The summed E-state index contributed by atoms with van der Waals surface area (Å²) in [6.45, 7) is 3.52. The predicted molar refractivity (Wildman–Crippen MR) is 141 cm³/mol. The zero-order valence-electron chi connectivity index (χ0n) is 21.8. The largest absolute Gasteiger partial charge is 0.454 e. The molecule has 0 saturated heterocycles. The van der Waals surface area contributed by atoms with Gasteiger partial charge in [0.25, 0.3) is 5.91 Å². The van der Waals surface area contributed by atoms with Crippen LogP contribution in [0.15, 0.2) is 60.8 Å². The van der Waals surface area contributed by atoms with Crippen LogP contribution < -0.4 is 9.47 Å². The van der Waals surface area contributed by atoms with Gasteiger partial charge >= 0.3 is 0 Å².